The van der Waals surface area contributed by atoms with Gasteiger partial charge in [-0.15, -0.1) is 0 Å². The van der Waals surface area contributed by atoms with Crippen LogP contribution in [0.3, 0.4) is 0 Å². The van der Waals surface area contributed by atoms with Crippen LogP contribution >= 0.6 is 0 Å². The second-order valence-corrected chi connectivity index (χ2v) is 2.58. The van der Waals surface area contributed by atoms with E-state index in [1.165, 1.54) is 25.8 Å². The molecule has 0 radical (unpaired) electrons. The Labute approximate surface area is 57.1 Å². The Bertz CT molecular complexity index is 90.7. The van der Waals surface area contributed by atoms with Crippen LogP contribution in [0.1, 0.15) is 26.2 Å². The molecule has 0 saturated carbocycles. The molecule has 0 aliphatic carbocycles. The number of piperidine rings is 1. The van der Waals surface area contributed by atoms with Crippen LogP contribution in [0, 0.1) is 0 Å². The van der Waals surface area contributed by atoms with Crippen molar-refractivity contribution in [1.29, 1.82) is 0 Å². The molecule has 1 aliphatic rings. The van der Waals surface area contributed by atoms with Crippen LogP contribution < -0.4 is 5.32 Å². The third kappa shape index (κ3) is 2.19. The Kier molecular flexibility index (Phi) is 2.78. The smallest absolute Gasteiger partial charge is 0.0249 e. The van der Waals surface area contributed by atoms with Crippen molar-refractivity contribution in [3.63, 3.8) is 0 Å². The minimum absolute atomic E-state index is 0.670. The summed E-state index contributed by atoms with van der Waals surface area (Å²) in [6.07, 6.45) is 8.45. The lowest BCUT2D eigenvalue weighted by atomic mass is 10.1. The van der Waals surface area contributed by atoms with Crippen molar-refractivity contribution in [2.24, 2.45) is 0 Å². The molecule has 1 heteroatoms. The molecule has 1 fully saturated rings. The molecule has 1 rings (SSSR count). The fraction of sp³-hybridized carbons (Fsp3) is 0.750. The average Bonchev–Trinajstić information content (AvgIpc) is 1.91. The Morgan fingerprint density at radius 1 is 1.44 bits per heavy atom. The standard InChI is InChI=1S/C8H15N/c1-2-5-8-6-3-4-7-9-8/h2,5,8-9H,3-4,6-7H2,1H3/b5-2-. The maximum Gasteiger partial charge on any atom is 0.0249 e. The Morgan fingerprint density at radius 3 is 2.89 bits per heavy atom. The van der Waals surface area contributed by atoms with Gasteiger partial charge in [-0.25, -0.2) is 0 Å². The van der Waals surface area contributed by atoms with E-state index in [4.69, 9.17) is 0 Å². The Balaban J connectivity index is 2.23. The van der Waals surface area contributed by atoms with Crippen LogP contribution in [0.25, 0.3) is 0 Å². The normalized spacial score (nSPS) is 29.2. The molecular weight excluding hydrogens is 110 g/mol. The van der Waals surface area contributed by atoms with E-state index >= 15 is 0 Å². The molecule has 1 saturated heterocycles. The van der Waals surface area contributed by atoms with Crippen LogP contribution in [0.4, 0.5) is 0 Å². The molecule has 0 bridgehead atoms. The maximum atomic E-state index is 3.43. The molecule has 1 unspecified atom stereocenters. The zero-order chi connectivity index (χ0) is 6.53. The van der Waals surface area contributed by atoms with E-state index in [9.17, 15) is 0 Å². The summed E-state index contributed by atoms with van der Waals surface area (Å²) in [5, 5.41) is 3.43. The minimum atomic E-state index is 0.670. The fourth-order valence-electron chi connectivity index (χ4n) is 1.28. The van der Waals surface area contributed by atoms with Gasteiger partial charge in [-0.1, -0.05) is 18.6 Å². The van der Waals surface area contributed by atoms with Crippen LogP contribution in [0.2, 0.25) is 0 Å². The van der Waals surface area contributed by atoms with Gasteiger partial charge >= 0.3 is 0 Å². The highest BCUT2D eigenvalue weighted by atomic mass is 14.9. The molecule has 1 nitrogen and oxygen atoms in total. The Hall–Kier alpha value is -0.300. The maximum absolute atomic E-state index is 3.43. The highest BCUT2D eigenvalue weighted by molar-refractivity contribution is 4.92. The van der Waals surface area contributed by atoms with E-state index in [-0.39, 0.29) is 0 Å². The van der Waals surface area contributed by atoms with Crippen LogP contribution in [0.15, 0.2) is 12.2 Å². The molecular formula is C8H15N. The molecule has 0 aromatic carbocycles. The lowest BCUT2D eigenvalue weighted by Gasteiger charge is -2.19. The summed E-state index contributed by atoms with van der Waals surface area (Å²) in [5.41, 5.74) is 0. The van der Waals surface area contributed by atoms with Gasteiger partial charge in [-0.3, -0.25) is 0 Å². The Morgan fingerprint density at radius 2 is 2.33 bits per heavy atom. The van der Waals surface area contributed by atoms with Gasteiger partial charge in [0.1, 0.15) is 0 Å². The highest BCUT2D eigenvalue weighted by Gasteiger charge is 2.06. The predicted octanol–water partition coefficient (Wildman–Crippen LogP) is 1.70. The zero-order valence-corrected chi connectivity index (χ0v) is 6.06. The monoisotopic (exact) mass is 125 g/mol. The average molecular weight is 125 g/mol. The number of hydrogen-bond acceptors (Lipinski definition) is 1. The van der Waals surface area contributed by atoms with Gasteiger partial charge < -0.3 is 5.32 Å². The molecule has 0 spiro atoms. The number of hydrogen-bond donors (Lipinski definition) is 1. The fourth-order valence-corrected chi connectivity index (χ4v) is 1.28. The summed E-state index contributed by atoms with van der Waals surface area (Å²) in [7, 11) is 0. The van der Waals surface area contributed by atoms with Crippen molar-refractivity contribution in [2.45, 2.75) is 32.2 Å². The first-order valence-corrected chi connectivity index (χ1v) is 3.79. The van der Waals surface area contributed by atoms with E-state index in [0.29, 0.717) is 6.04 Å². The van der Waals surface area contributed by atoms with Crippen LogP contribution in [-0.2, 0) is 0 Å². The second kappa shape index (κ2) is 3.67. The zero-order valence-electron chi connectivity index (χ0n) is 6.06. The molecule has 1 aliphatic heterocycles. The summed E-state index contributed by atoms with van der Waals surface area (Å²) in [4.78, 5) is 0. The first-order valence-electron chi connectivity index (χ1n) is 3.79. The largest absolute Gasteiger partial charge is 0.311 e. The number of allylic oxidation sites excluding steroid dienone is 1. The third-order valence-electron chi connectivity index (χ3n) is 1.77. The minimum Gasteiger partial charge on any atom is -0.311 e. The van der Waals surface area contributed by atoms with Gasteiger partial charge in [0.2, 0.25) is 0 Å². The quantitative estimate of drug-likeness (QED) is 0.526. The van der Waals surface area contributed by atoms with Crippen molar-refractivity contribution in [3.8, 4) is 0 Å². The van der Waals surface area contributed by atoms with E-state index in [0.717, 1.165) is 0 Å². The van der Waals surface area contributed by atoms with Crippen LogP contribution in [-0.4, -0.2) is 12.6 Å². The van der Waals surface area contributed by atoms with Crippen molar-refractivity contribution in [1.82, 2.24) is 5.32 Å². The molecule has 1 atom stereocenters. The summed E-state index contributed by atoms with van der Waals surface area (Å²) >= 11 is 0. The summed E-state index contributed by atoms with van der Waals surface area (Å²) in [6.45, 7) is 3.28. The summed E-state index contributed by atoms with van der Waals surface area (Å²) < 4.78 is 0. The summed E-state index contributed by atoms with van der Waals surface area (Å²) in [5.74, 6) is 0. The van der Waals surface area contributed by atoms with Crippen LogP contribution in [0.5, 0.6) is 0 Å². The molecule has 0 aromatic rings. The second-order valence-electron chi connectivity index (χ2n) is 2.58. The van der Waals surface area contributed by atoms with Crippen molar-refractivity contribution >= 4 is 0 Å². The molecule has 1 N–H and O–H groups in total. The summed E-state index contributed by atoms with van der Waals surface area (Å²) in [6, 6.07) is 0.670. The molecule has 0 amide bonds. The highest BCUT2D eigenvalue weighted by Crippen LogP contribution is 2.07. The third-order valence-corrected chi connectivity index (χ3v) is 1.77. The molecule has 0 aromatic heterocycles. The van der Waals surface area contributed by atoms with Gasteiger partial charge in [-0.05, 0) is 26.3 Å². The van der Waals surface area contributed by atoms with Gasteiger partial charge in [0.25, 0.3) is 0 Å². The number of nitrogens with one attached hydrogen (secondary N) is 1. The molecule has 9 heavy (non-hydrogen) atoms. The number of rotatable bonds is 1. The van der Waals surface area contributed by atoms with Gasteiger partial charge in [0.05, 0.1) is 0 Å². The van der Waals surface area contributed by atoms with Gasteiger partial charge in [0.15, 0.2) is 0 Å². The van der Waals surface area contributed by atoms with Gasteiger partial charge in [-0.2, -0.15) is 0 Å². The topological polar surface area (TPSA) is 12.0 Å². The van der Waals surface area contributed by atoms with Gasteiger partial charge in [0, 0.05) is 6.04 Å². The van der Waals surface area contributed by atoms with E-state index in [1.807, 2.05) is 0 Å². The van der Waals surface area contributed by atoms with E-state index in [1.54, 1.807) is 0 Å². The first kappa shape index (κ1) is 6.81. The molecule has 1 heterocycles. The predicted molar refractivity (Wildman–Crippen MR) is 40.5 cm³/mol. The first-order chi connectivity index (χ1) is 4.43. The molecule has 52 valence electrons. The van der Waals surface area contributed by atoms with E-state index in [2.05, 4.69) is 24.4 Å². The van der Waals surface area contributed by atoms with Crippen molar-refractivity contribution in [2.75, 3.05) is 6.54 Å². The van der Waals surface area contributed by atoms with Crippen molar-refractivity contribution in [3.05, 3.63) is 12.2 Å². The van der Waals surface area contributed by atoms with E-state index < -0.39 is 0 Å². The van der Waals surface area contributed by atoms with Crippen molar-refractivity contribution < 1.29 is 0 Å². The lowest BCUT2D eigenvalue weighted by Crippen LogP contribution is -2.31. The SMILES string of the molecule is C/C=C\C1CCCCN1. The lowest BCUT2D eigenvalue weighted by molar-refractivity contribution is 0.454.